The van der Waals surface area contributed by atoms with Gasteiger partial charge in [0.15, 0.2) is 10.9 Å². The summed E-state index contributed by atoms with van der Waals surface area (Å²) >= 11 is 1.43. The standard InChI is InChI=1S/C15H18N4O3S/c1-17-5-4-16-15(17)23-11-13(20)18-6-8-19(9-7-18)14(21)12-3-2-10-22-12/h2-5,10H,6-9,11H2,1H3. The van der Waals surface area contributed by atoms with Gasteiger partial charge in [0.1, 0.15) is 0 Å². The maximum Gasteiger partial charge on any atom is 0.289 e. The van der Waals surface area contributed by atoms with Gasteiger partial charge in [-0.1, -0.05) is 11.8 Å². The lowest BCUT2D eigenvalue weighted by Gasteiger charge is -2.34. The first-order valence-electron chi connectivity index (χ1n) is 7.36. The van der Waals surface area contributed by atoms with Crippen LogP contribution in [0.4, 0.5) is 0 Å². The molecule has 1 aliphatic heterocycles. The first-order chi connectivity index (χ1) is 11.1. The zero-order valence-electron chi connectivity index (χ0n) is 12.8. The number of imidazole rings is 1. The van der Waals surface area contributed by atoms with Crippen LogP contribution < -0.4 is 0 Å². The predicted molar refractivity (Wildman–Crippen MR) is 85.1 cm³/mol. The molecular weight excluding hydrogens is 316 g/mol. The van der Waals surface area contributed by atoms with Crippen LogP contribution in [0.2, 0.25) is 0 Å². The molecule has 0 radical (unpaired) electrons. The van der Waals surface area contributed by atoms with Gasteiger partial charge in [0.05, 0.1) is 12.0 Å². The van der Waals surface area contributed by atoms with E-state index in [2.05, 4.69) is 4.98 Å². The Hall–Kier alpha value is -2.22. The van der Waals surface area contributed by atoms with Gasteiger partial charge in [0.25, 0.3) is 5.91 Å². The van der Waals surface area contributed by atoms with Crippen molar-refractivity contribution in [1.29, 1.82) is 0 Å². The lowest BCUT2D eigenvalue weighted by Crippen LogP contribution is -2.51. The van der Waals surface area contributed by atoms with Crippen LogP contribution in [-0.4, -0.2) is 63.1 Å². The zero-order chi connectivity index (χ0) is 16.2. The predicted octanol–water partition coefficient (Wildman–Crippen LogP) is 1.09. The molecule has 2 aromatic heterocycles. The van der Waals surface area contributed by atoms with E-state index in [9.17, 15) is 9.59 Å². The lowest BCUT2D eigenvalue weighted by atomic mass is 10.3. The number of furan rings is 1. The molecule has 0 atom stereocenters. The normalized spacial score (nSPS) is 15.0. The lowest BCUT2D eigenvalue weighted by molar-refractivity contribution is -0.129. The quantitative estimate of drug-likeness (QED) is 0.783. The molecule has 3 rings (SSSR count). The number of carbonyl (C=O) groups is 2. The molecule has 0 N–H and O–H groups in total. The second kappa shape index (κ2) is 6.91. The summed E-state index contributed by atoms with van der Waals surface area (Å²) in [6, 6.07) is 3.35. The summed E-state index contributed by atoms with van der Waals surface area (Å²) in [4.78, 5) is 32.1. The smallest absolute Gasteiger partial charge is 0.289 e. The molecule has 0 bridgehead atoms. The van der Waals surface area contributed by atoms with Gasteiger partial charge in [-0.2, -0.15) is 0 Å². The van der Waals surface area contributed by atoms with Crippen LogP contribution in [0.15, 0.2) is 40.4 Å². The number of nitrogens with zero attached hydrogens (tertiary/aromatic N) is 4. The highest BCUT2D eigenvalue weighted by molar-refractivity contribution is 7.99. The van der Waals surface area contributed by atoms with Gasteiger partial charge >= 0.3 is 0 Å². The van der Waals surface area contributed by atoms with Crippen LogP contribution in [-0.2, 0) is 11.8 Å². The molecule has 0 aromatic carbocycles. The summed E-state index contributed by atoms with van der Waals surface area (Å²) in [5, 5.41) is 0.824. The van der Waals surface area contributed by atoms with Crippen LogP contribution >= 0.6 is 11.8 Å². The third-order valence-corrected chi connectivity index (χ3v) is 4.80. The maximum atomic E-state index is 12.3. The summed E-state index contributed by atoms with van der Waals surface area (Å²) in [5.41, 5.74) is 0. The fourth-order valence-corrected chi connectivity index (χ4v) is 3.26. The van der Waals surface area contributed by atoms with Crippen LogP contribution in [0.25, 0.3) is 0 Å². The first kappa shape index (κ1) is 15.7. The number of carbonyl (C=O) groups excluding carboxylic acids is 2. The average molecular weight is 334 g/mol. The van der Waals surface area contributed by atoms with Gasteiger partial charge < -0.3 is 18.8 Å². The Labute approximate surface area is 138 Å². The second-order valence-electron chi connectivity index (χ2n) is 5.26. The van der Waals surface area contributed by atoms with Crippen molar-refractivity contribution in [2.75, 3.05) is 31.9 Å². The summed E-state index contributed by atoms with van der Waals surface area (Å²) < 4.78 is 7.02. The number of hydrogen-bond donors (Lipinski definition) is 0. The van der Waals surface area contributed by atoms with Crippen LogP contribution in [0.3, 0.4) is 0 Å². The van der Waals surface area contributed by atoms with E-state index >= 15 is 0 Å². The molecule has 2 aromatic rings. The van der Waals surface area contributed by atoms with Crippen molar-refractivity contribution < 1.29 is 14.0 Å². The first-order valence-corrected chi connectivity index (χ1v) is 8.34. The number of piperazine rings is 1. The third-order valence-electron chi connectivity index (χ3n) is 3.75. The van der Waals surface area contributed by atoms with Crippen molar-refractivity contribution in [2.45, 2.75) is 5.16 Å². The van der Waals surface area contributed by atoms with Crippen molar-refractivity contribution in [1.82, 2.24) is 19.4 Å². The number of aryl methyl sites for hydroxylation is 1. The van der Waals surface area contributed by atoms with E-state index in [0.29, 0.717) is 37.7 Å². The summed E-state index contributed by atoms with van der Waals surface area (Å²) in [6.07, 6.45) is 5.06. The van der Waals surface area contributed by atoms with E-state index in [1.54, 1.807) is 28.1 Å². The fraction of sp³-hybridized carbons (Fsp3) is 0.400. The van der Waals surface area contributed by atoms with Crippen LogP contribution in [0.1, 0.15) is 10.6 Å². The molecule has 0 spiro atoms. The SMILES string of the molecule is Cn1ccnc1SCC(=O)N1CCN(C(=O)c2ccco2)CC1. The van der Waals surface area contributed by atoms with E-state index in [1.165, 1.54) is 18.0 Å². The monoisotopic (exact) mass is 334 g/mol. The Kier molecular flexibility index (Phi) is 4.71. The maximum absolute atomic E-state index is 12.3. The van der Waals surface area contributed by atoms with Crippen molar-refractivity contribution in [3.05, 3.63) is 36.5 Å². The molecule has 8 heteroatoms. The van der Waals surface area contributed by atoms with Gasteiger partial charge in [-0.05, 0) is 12.1 Å². The molecule has 7 nitrogen and oxygen atoms in total. The van der Waals surface area contributed by atoms with Crippen molar-refractivity contribution in [3.63, 3.8) is 0 Å². The van der Waals surface area contributed by atoms with Gasteiger partial charge in [0, 0.05) is 45.6 Å². The molecule has 0 aliphatic carbocycles. The van der Waals surface area contributed by atoms with E-state index in [0.717, 1.165) is 5.16 Å². The number of hydrogen-bond acceptors (Lipinski definition) is 5. The minimum Gasteiger partial charge on any atom is -0.459 e. The Morgan fingerprint density at radius 1 is 1.26 bits per heavy atom. The Bertz CT molecular complexity index is 675. The molecule has 122 valence electrons. The highest BCUT2D eigenvalue weighted by Crippen LogP contribution is 2.16. The topological polar surface area (TPSA) is 71.6 Å². The van der Waals surface area contributed by atoms with Crippen molar-refractivity contribution >= 4 is 23.6 Å². The summed E-state index contributed by atoms with van der Waals surface area (Å²) in [5.74, 6) is 0.652. The molecule has 3 heterocycles. The minimum atomic E-state index is -0.121. The molecule has 0 saturated carbocycles. The Morgan fingerprint density at radius 2 is 2.00 bits per heavy atom. The minimum absolute atomic E-state index is 0.0723. The van der Waals surface area contributed by atoms with Gasteiger partial charge in [0.2, 0.25) is 5.91 Å². The van der Waals surface area contributed by atoms with Crippen molar-refractivity contribution in [2.24, 2.45) is 7.05 Å². The second-order valence-corrected chi connectivity index (χ2v) is 6.20. The number of rotatable bonds is 4. The number of amides is 2. The van der Waals surface area contributed by atoms with Crippen LogP contribution in [0, 0.1) is 0 Å². The largest absolute Gasteiger partial charge is 0.459 e. The van der Waals surface area contributed by atoms with Gasteiger partial charge in [-0.15, -0.1) is 0 Å². The molecular formula is C15H18N4O3S. The molecule has 1 saturated heterocycles. The average Bonchev–Trinajstić information content (AvgIpc) is 3.24. The molecule has 1 aliphatic rings. The summed E-state index contributed by atoms with van der Waals surface area (Å²) in [6.45, 7) is 2.15. The third kappa shape index (κ3) is 3.58. The highest BCUT2D eigenvalue weighted by Gasteiger charge is 2.26. The number of thioether (sulfide) groups is 1. The van der Waals surface area contributed by atoms with E-state index in [4.69, 9.17) is 4.42 Å². The fourth-order valence-electron chi connectivity index (χ4n) is 2.42. The number of aromatic nitrogens is 2. The van der Waals surface area contributed by atoms with Gasteiger partial charge in [-0.25, -0.2) is 4.98 Å². The highest BCUT2D eigenvalue weighted by atomic mass is 32.2. The Morgan fingerprint density at radius 3 is 2.61 bits per heavy atom. The van der Waals surface area contributed by atoms with E-state index in [1.807, 2.05) is 17.8 Å². The zero-order valence-corrected chi connectivity index (χ0v) is 13.7. The van der Waals surface area contributed by atoms with E-state index in [-0.39, 0.29) is 11.8 Å². The van der Waals surface area contributed by atoms with Crippen LogP contribution in [0.5, 0.6) is 0 Å². The molecule has 0 unspecified atom stereocenters. The summed E-state index contributed by atoms with van der Waals surface area (Å²) in [7, 11) is 1.90. The van der Waals surface area contributed by atoms with Crippen molar-refractivity contribution in [3.8, 4) is 0 Å². The Balaban J connectivity index is 1.47. The van der Waals surface area contributed by atoms with Gasteiger partial charge in [-0.3, -0.25) is 9.59 Å². The van der Waals surface area contributed by atoms with E-state index < -0.39 is 0 Å². The molecule has 2 amide bonds. The molecule has 1 fully saturated rings. The molecule has 23 heavy (non-hydrogen) atoms.